The van der Waals surface area contributed by atoms with Crippen LogP contribution in [0.15, 0.2) is 49.1 Å². The molecule has 1 heterocycles. The van der Waals surface area contributed by atoms with Gasteiger partial charge in [-0.1, -0.05) is 18.7 Å². The van der Waals surface area contributed by atoms with E-state index in [0.717, 1.165) is 16.9 Å². The van der Waals surface area contributed by atoms with Crippen molar-refractivity contribution in [2.24, 2.45) is 0 Å². The van der Waals surface area contributed by atoms with Gasteiger partial charge in [-0.2, -0.15) is 0 Å². The molecule has 1 aromatic heterocycles. The van der Waals surface area contributed by atoms with E-state index in [-0.39, 0.29) is 11.8 Å². The van der Waals surface area contributed by atoms with E-state index in [1.54, 1.807) is 23.5 Å². The minimum Gasteiger partial charge on any atom is -0.352 e. The van der Waals surface area contributed by atoms with E-state index >= 15 is 0 Å². The van der Waals surface area contributed by atoms with Gasteiger partial charge >= 0.3 is 0 Å². The summed E-state index contributed by atoms with van der Waals surface area (Å²) in [6, 6.07) is 11.5. The SMILES string of the molecule is C=CC(=O)NCCc1ccc(C(=O)NCc2ccc(C)s2)cc1. The van der Waals surface area contributed by atoms with Crippen molar-refractivity contribution in [2.75, 3.05) is 6.54 Å². The Labute approximate surface area is 140 Å². The van der Waals surface area contributed by atoms with Crippen molar-refractivity contribution in [3.8, 4) is 0 Å². The standard InChI is InChI=1S/C18H20N2O2S/c1-3-17(21)19-11-10-14-5-7-15(8-6-14)18(22)20-12-16-9-4-13(2)23-16/h3-9H,1,10-12H2,2H3,(H,19,21)(H,20,22). The van der Waals surface area contributed by atoms with Crippen molar-refractivity contribution in [1.29, 1.82) is 0 Å². The summed E-state index contributed by atoms with van der Waals surface area (Å²) in [7, 11) is 0. The van der Waals surface area contributed by atoms with Crippen LogP contribution in [0.5, 0.6) is 0 Å². The topological polar surface area (TPSA) is 58.2 Å². The number of benzene rings is 1. The quantitative estimate of drug-likeness (QED) is 0.768. The van der Waals surface area contributed by atoms with Crippen LogP contribution >= 0.6 is 11.3 Å². The Hall–Kier alpha value is -2.40. The number of amides is 2. The van der Waals surface area contributed by atoms with Crippen LogP contribution in [0.1, 0.15) is 25.7 Å². The Morgan fingerprint density at radius 1 is 1.13 bits per heavy atom. The number of carbonyl (C=O) groups excluding carboxylic acids is 2. The molecule has 0 aliphatic carbocycles. The number of hydrogen-bond acceptors (Lipinski definition) is 3. The van der Waals surface area contributed by atoms with Crippen LogP contribution in [0.3, 0.4) is 0 Å². The molecule has 2 amide bonds. The average Bonchev–Trinajstić information content (AvgIpc) is 2.98. The lowest BCUT2D eigenvalue weighted by molar-refractivity contribution is -0.116. The van der Waals surface area contributed by atoms with Gasteiger partial charge in [0.2, 0.25) is 5.91 Å². The van der Waals surface area contributed by atoms with Crippen molar-refractivity contribution in [2.45, 2.75) is 19.9 Å². The molecule has 0 saturated heterocycles. The molecule has 0 fully saturated rings. The summed E-state index contributed by atoms with van der Waals surface area (Å²) in [5.74, 6) is -0.257. The first kappa shape index (κ1) is 17.0. The summed E-state index contributed by atoms with van der Waals surface area (Å²) in [5, 5.41) is 5.64. The molecular formula is C18H20N2O2S. The summed E-state index contributed by atoms with van der Waals surface area (Å²) in [5.41, 5.74) is 1.71. The van der Waals surface area contributed by atoms with Gasteiger partial charge in [0.15, 0.2) is 0 Å². The van der Waals surface area contributed by atoms with Gasteiger partial charge in [0.05, 0.1) is 6.54 Å². The third-order valence-corrected chi connectivity index (χ3v) is 4.33. The van der Waals surface area contributed by atoms with Gasteiger partial charge in [-0.25, -0.2) is 0 Å². The maximum atomic E-state index is 12.1. The molecule has 4 nitrogen and oxygen atoms in total. The molecule has 2 aromatic rings. The molecule has 120 valence electrons. The average molecular weight is 328 g/mol. The van der Waals surface area contributed by atoms with Gasteiger partial charge in [0, 0.05) is 21.9 Å². The molecule has 0 bridgehead atoms. The highest BCUT2D eigenvalue weighted by Gasteiger charge is 2.06. The molecule has 0 radical (unpaired) electrons. The van der Waals surface area contributed by atoms with E-state index < -0.39 is 0 Å². The number of carbonyl (C=O) groups is 2. The number of hydrogen-bond donors (Lipinski definition) is 2. The Kier molecular flexibility index (Phi) is 6.11. The molecule has 0 saturated carbocycles. The highest BCUT2D eigenvalue weighted by molar-refractivity contribution is 7.11. The number of thiophene rings is 1. The zero-order chi connectivity index (χ0) is 16.7. The fourth-order valence-corrected chi connectivity index (χ4v) is 2.90. The normalized spacial score (nSPS) is 10.1. The van der Waals surface area contributed by atoms with Crippen LogP contribution in [0, 0.1) is 6.92 Å². The molecule has 0 atom stereocenters. The third-order valence-electron chi connectivity index (χ3n) is 3.33. The molecule has 0 aliphatic heterocycles. The van der Waals surface area contributed by atoms with Crippen LogP contribution in [0.25, 0.3) is 0 Å². The summed E-state index contributed by atoms with van der Waals surface area (Å²) in [6.45, 7) is 6.55. The van der Waals surface area contributed by atoms with Gasteiger partial charge in [-0.05, 0) is 49.2 Å². The van der Waals surface area contributed by atoms with Crippen molar-refractivity contribution in [3.63, 3.8) is 0 Å². The van der Waals surface area contributed by atoms with E-state index in [2.05, 4.69) is 17.2 Å². The van der Waals surface area contributed by atoms with Crippen molar-refractivity contribution >= 4 is 23.2 Å². The minimum absolute atomic E-state index is 0.0810. The summed E-state index contributed by atoms with van der Waals surface area (Å²) >= 11 is 1.68. The van der Waals surface area contributed by atoms with Crippen molar-refractivity contribution in [1.82, 2.24) is 10.6 Å². The maximum absolute atomic E-state index is 12.1. The number of nitrogens with one attached hydrogen (secondary N) is 2. The zero-order valence-electron chi connectivity index (χ0n) is 13.1. The van der Waals surface area contributed by atoms with E-state index in [1.165, 1.54) is 11.0 Å². The molecule has 0 unspecified atom stereocenters. The lowest BCUT2D eigenvalue weighted by atomic mass is 10.1. The summed E-state index contributed by atoms with van der Waals surface area (Å²) < 4.78 is 0. The van der Waals surface area contributed by atoms with Crippen LogP contribution in [0.2, 0.25) is 0 Å². The van der Waals surface area contributed by atoms with Gasteiger partial charge in [0.25, 0.3) is 5.91 Å². The van der Waals surface area contributed by atoms with Crippen molar-refractivity contribution in [3.05, 3.63) is 69.9 Å². The Morgan fingerprint density at radius 2 is 1.87 bits per heavy atom. The Bertz CT molecular complexity index is 689. The second kappa shape index (κ2) is 8.29. The van der Waals surface area contributed by atoms with Gasteiger partial charge in [-0.3, -0.25) is 9.59 Å². The maximum Gasteiger partial charge on any atom is 0.251 e. The highest BCUT2D eigenvalue weighted by Crippen LogP contribution is 2.14. The smallest absolute Gasteiger partial charge is 0.251 e. The van der Waals surface area contributed by atoms with E-state index in [0.29, 0.717) is 18.7 Å². The van der Waals surface area contributed by atoms with Crippen LogP contribution in [0.4, 0.5) is 0 Å². The minimum atomic E-state index is -0.176. The summed E-state index contributed by atoms with van der Waals surface area (Å²) in [4.78, 5) is 25.5. The van der Waals surface area contributed by atoms with Gasteiger partial charge in [0.1, 0.15) is 0 Å². The first-order valence-electron chi connectivity index (χ1n) is 7.41. The van der Waals surface area contributed by atoms with E-state index in [9.17, 15) is 9.59 Å². The van der Waals surface area contributed by atoms with Crippen LogP contribution in [-0.4, -0.2) is 18.4 Å². The van der Waals surface area contributed by atoms with E-state index in [4.69, 9.17) is 0 Å². The summed E-state index contributed by atoms with van der Waals surface area (Å²) in [6.07, 6.45) is 1.97. The molecule has 0 spiro atoms. The number of aryl methyl sites for hydroxylation is 1. The lowest BCUT2D eigenvalue weighted by Crippen LogP contribution is -2.23. The van der Waals surface area contributed by atoms with Gasteiger partial charge in [-0.15, -0.1) is 11.3 Å². The predicted molar refractivity (Wildman–Crippen MR) is 93.6 cm³/mol. The fraction of sp³-hybridized carbons (Fsp3) is 0.222. The zero-order valence-corrected chi connectivity index (χ0v) is 13.9. The monoisotopic (exact) mass is 328 g/mol. The number of rotatable bonds is 7. The van der Waals surface area contributed by atoms with Gasteiger partial charge < -0.3 is 10.6 Å². The van der Waals surface area contributed by atoms with Crippen LogP contribution < -0.4 is 10.6 Å². The Morgan fingerprint density at radius 3 is 2.48 bits per heavy atom. The molecule has 0 aliphatic rings. The largest absolute Gasteiger partial charge is 0.352 e. The van der Waals surface area contributed by atoms with Crippen molar-refractivity contribution < 1.29 is 9.59 Å². The molecule has 2 rings (SSSR count). The first-order chi connectivity index (χ1) is 11.1. The fourth-order valence-electron chi connectivity index (χ4n) is 2.07. The third kappa shape index (κ3) is 5.38. The van der Waals surface area contributed by atoms with Crippen LogP contribution in [-0.2, 0) is 17.8 Å². The molecule has 5 heteroatoms. The second-order valence-corrected chi connectivity index (χ2v) is 6.51. The highest BCUT2D eigenvalue weighted by atomic mass is 32.1. The molecule has 1 aromatic carbocycles. The second-order valence-electron chi connectivity index (χ2n) is 5.14. The Balaban J connectivity index is 1.82. The molecule has 23 heavy (non-hydrogen) atoms. The molecular weight excluding hydrogens is 308 g/mol. The van der Waals surface area contributed by atoms with E-state index in [1.807, 2.05) is 31.2 Å². The lowest BCUT2D eigenvalue weighted by Gasteiger charge is -2.06. The first-order valence-corrected chi connectivity index (χ1v) is 8.23. The predicted octanol–water partition coefficient (Wildman–Crippen LogP) is 2.83. The molecule has 2 N–H and O–H groups in total.